The van der Waals surface area contributed by atoms with Gasteiger partial charge in [-0.15, -0.1) is 12.4 Å². The van der Waals surface area contributed by atoms with Crippen molar-refractivity contribution < 1.29 is 4.79 Å². The van der Waals surface area contributed by atoms with Crippen LogP contribution in [-0.4, -0.2) is 50.9 Å². The zero-order chi connectivity index (χ0) is 16.1. The molecule has 8 heteroatoms. The number of hydrogen-bond donors (Lipinski definition) is 2. The van der Waals surface area contributed by atoms with Crippen molar-refractivity contribution in [3.63, 3.8) is 0 Å². The predicted molar refractivity (Wildman–Crippen MR) is 95.0 cm³/mol. The molecule has 2 aromatic rings. The van der Waals surface area contributed by atoms with Crippen LogP contribution in [0.2, 0.25) is 0 Å². The minimum absolute atomic E-state index is 0. The average molecular weight is 353 g/mol. The molecule has 1 unspecified atom stereocenters. The van der Waals surface area contributed by atoms with Crippen LogP contribution in [0.5, 0.6) is 0 Å². The van der Waals surface area contributed by atoms with Crippen molar-refractivity contribution in [1.29, 1.82) is 0 Å². The van der Waals surface area contributed by atoms with Gasteiger partial charge in [0.1, 0.15) is 0 Å². The van der Waals surface area contributed by atoms with E-state index in [-0.39, 0.29) is 18.3 Å². The summed E-state index contributed by atoms with van der Waals surface area (Å²) in [5.41, 5.74) is 6.43. The van der Waals surface area contributed by atoms with Crippen LogP contribution in [0.3, 0.4) is 0 Å². The minimum Gasteiger partial charge on any atom is -0.354 e. The first-order valence-corrected chi connectivity index (χ1v) is 8.25. The molecule has 1 aliphatic rings. The highest BCUT2D eigenvalue weighted by Gasteiger charge is 2.23. The Morgan fingerprint density at radius 2 is 2.29 bits per heavy atom. The second-order valence-corrected chi connectivity index (χ2v) is 6.02. The largest absolute Gasteiger partial charge is 0.354 e. The number of nitrogens with zero attached hydrogens (tertiary/aromatic N) is 4. The molecular weight excluding hydrogens is 328 g/mol. The van der Waals surface area contributed by atoms with Crippen LogP contribution in [0.25, 0.3) is 5.78 Å². The van der Waals surface area contributed by atoms with Crippen molar-refractivity contribution in [3.05, 3.63) is 30.4 Å². The third-order valence-corrected chi connectivity index (χ3v) is 4.31. The summed E-state index contributed by atoms with van der Waals surface area (Å²) >= 11 is 0. The molecule has 1 saturated heterocycles. The Hall–Kier alpha value is -1.70. The van der Waals surface area contributed by atoms with E-state index in [4.69, 9.17) is 5.73 Å². The zero-order valence-corrected chi connectivity index (χ0v) is 14.5. The van der Waals surface area contributed by atoms with Gasteiger partial charge in [-0.3, -0.25) is 14.1 Å². The van der Waals surface area contributed by atoms with E-state index in [2.05, 4.69) is 20.2 Å². The van der Waals surface area contributed by atoms with Crippen LogP contribution in [0.4, 0.5) is 0 Å². The fourth-order valence-electron chi connectivity index (χ4n) is 3.11. The molecule has 7 nitrogen and oxygen atoms in total. The maximum atomic E-state index is 11.6. The second-order valence-electron chi connectivity index (χ2n) is 6.02. The Balaban J connectivity index is 0.00000208. The molecule has 3 heterocycles. The molecule has 3 rings (SSSR count). The molecule has 0 aromatic carbocycles. The summed E-state index contributed by atoms with van der Waals surface area (Å²) < 4.78 is 1.94. The van der Waals surface area contributed by atoms with Crippen molar-refractivity contribution >= 4 is 24.1 Å². The fraction of sp³-hybridized carbons (Fsp3) is 0.562. The van der Waals surface area contributed by atoms with Gasteiger partial charge in [-0.2, -0.15) is 0 Å². The Bertz CT molecular complexity index is 628. The Morgan fingerprint density at radius 1 is 1.42 bits per heavy atom. The first-order chi connectivity index (χ1) is 11.3. The molecule has 0 spiro atoms. The summed E-state index contributed by atoms with van der Waals surface area (Å²) in [4.78, 5) is 22.9. The van der Waals surface area contributed by atoms with E-state index in [0.717, 1.165) is 31.0 Å². The predicted octanol–water partition coefficient (Wildman–Crippen LogP) is 0.971. The molecule has 3 N–H and O–H groups in total. The van der Waals surface area contributed by atoms with E-state index in [0.29, 0.717) is 25.6 Å². The summed E-state index contributed by atoms with van der Waals surface area (Å²) in [6.07, 6.45) is 9.64. The van der Waals surface area contributed by atoms with Crippen LogP contribution in [-0.2, 0) is 11.3 Å². The number of likely N-dealkylation sites (tertiary alicyclic amines) is 1. The quantitative estimate of drug-likeness (QED) is 0.808. The number of aromatic nitrogens is 3. The molecule has 1 amide bonds. The Labute approximate surface area is 148 Å². The first kappa shape index (κ1) is 18.6. The summed E-state index contributed by atoms with van der Waals surface area (Å²) in [5, 5.41) is 3.00. The molecule has 1 aliphatic heterocycles. The highest BCUT2D eigenvalue weighted by molar-refractivity contribution is 5.85. The number of nitrogens with two attached hydrogens (primary N) is 1. The van der Waals surface area contributed by atoms with Gasteiger partial charge < -0.3 is 11.1 Å². The Kier molecular flexibility index (Phi) is 6.96. The SMILES string of the molecule is Cl.NCCC(=O)NCC1CCCCN1Cc1cn2cccnc2n1. The van der Waals surface area contributed by atoms with Gasteiger partial charge in [-0.25, -0.2) is 9.97 Å². The third-order valence-electron chi connectivity index (χ3n) is 4.31. The van der Waals surface area contributed by atoms with E-state index in [1.54, 1.807) is 6.20 Å². The summed E-state index contributed by atoms with van der Waals surface area (Å²) in [7, 11) is 0. The lowest BCUT2D eigenvalue weighted by molar-refractivity contribution is -0.121. The number of piperidine rings is 1. The van der Waals surface area contributed by atoms with E-state index in [9.17, 15) is 4.79 Å². The van der Waals surface area contributed by atoms with Crippen LogP contribution in [0.15, 0.2) is 24.7 Å². The lowest BCUT2D eigenvalue weighted by Crippen LogP contribution is -2.46. The number of rotatable bonds is 6. The smallest absolute Gasteiger partial charge is 0.233 e. The molecule has 132 valence electrons. The number of amides is 1. The molecule has 2 aromatic heterocycles. The van der Waals surface area contributed by atoms with Gasteiger partial charge in [0, 0.05) is 50.7 Å². The van der Waals surface area contributed by atoms with Gasteiger partial charge in [-0.1, -0.05) is 6.42 Å². The number of hydrogen-bond acceptors (Lipinski definition) is 5. The summed E-state index contributed by atoms with van der Waals surface area (Å²) in [6.45, 7) is 2.92. The van der Waals surface area contributed by atoms with E-state index in [1.165, 1.54) is 12.8 Å². The van der Waals surface area contributed by atoms with E-state index < -0.39 is 0 Å². The Morgan fingerprint density at radius 3 is 3.08 bits per heavy atom. The third kappa shape index (κ3) is 4.66. The average Bonchev–Trinajstić information content (AvgIpc) is 2.96. The van der Waals surface area contributed by atoms with Gasteiger partial charge in [-0.05, 0) is 25.5 Å². The summed E-state index contributed by atoms with van der Waals surface area (Å²) in [5.74, 6) is 0.766. The number of carbonyl (C=O) groups is 1. The number of nitrogens with one attached hydrogen (secondary N) is 1. The monoisotopic (exact) mass is 352 g/mol. The fourth-order valence-corrected chi connectivity index (χ4v) is 3.11. The molecule has 0 radical (unpaired) electrons. The van der Waals surface area contributed by atoms with Crippen LogP contribution >= 0.6 is 12.4 Å². The van der Waals surface area contributed by atoms with Gasteiger partial charge in [0.15, 0.2) is 0 Å². The normalized spacial score (nSPS) is 18.3. The van der Waals surface area contributed by atoms with Gasteiger partial charge in [0.25, 0.3) is 0 Å². The standard InChI is InChI=1S/C16H24N6O.ClH/c17-6-5-15(23)19-10-14-4-1-2-8-21(14)11-13-12-22-9-3-7-18-16(22)20-13;/h3,7,9,12,14H,1-2,4-6,8,10-11,17H2,(H,19,23);1H. The number of halogens is 1. The number of imidazole rings is 1. The van der Waals surface area contributed by atoms with E-state index >= 15 is 0 Å². The van der Waals surface area contributed by atoms with Crippen molar-refractivity contribution in [2.75, 3.05) is 19.6 Å². The maximum Gasteiger partial charge on any atom is 0.233 e. The molecule has 0 saturated carbocycles. The molecule has 0 aliphatic carbocycles. The maximum absolute atomic E-state index is 11.6. The van der Waals surface area contributed by atoms with Crippen molar-refractivity contribution in [3.8, 4) is 0 Å². The zero-order valence-electron chi connectivity index (χ0n) is 13.7. The van der Waals surface area contributed by atoms with Crippen molar-refractivity contribution in [1.82, 2.24) is 24.6 Å². The first-order valence-electron chi connectivity index (χ1n) is 8.25. The molecule has 1 atom stereocenters. The van der Waals surface area contributed by atoms with Crippen LogP contribution < -0.4 is 11.1 Å². The minimum atomic E-state index is 0. The molecule has 0 bridgehead atoms. The molecular formula is C16H25ClN6O. The number of carbonyl (C=O) groups excluding carboxylic acids is 1. The topological polar surface area (TPSA) is 88.6 Å². The van der Waals surface area contributed by atoms with Gasteiger partial charge in [0.2, 0.25) is 11.7 Å². The highest BCUT2D eigenvalue weighted by atomic mass is 35.5. The summed E-state index contributed by atoms with van der Waals surface area (Å²) in [6, 6.07) is 2.26. The second kappa shape index (κ2) is 8.96. The molecule has 1 fully saturated rings. The lowest BCUT2D eigenvalue weighted by Gasteiger charge is -2.35. The van der Waals surface area contributed by atoms with Crippen molar-refractivity contribution in [2.24, 2.45) is 5.73 Å². The van der Waals surface area contributed by atoms with Gasteiger partial charge in [0.05, 0.1) is 5.69 Å². The van der Waals surface area contributed by atoms with Crippen LogP contribution in [0.1, 0.15) is 31.4 Å². The van der Waals surface area contributed by atoms with Gasteiger partial charge >= 0.3 is 0 Å². The van der Waals surface area contributed by atoms with E-state index in [1.807, 2.05) is 22.9 Å². The lowest BCUT2D eigenvalue weighted by atomic mass is 10.0. The number of fused-ring (bicyclic) bond motifs is 1. The highest BCUT2D eigenvalue weighted by Crippen LogP contribution is 2.19. The molecule has 24 heavy (non-hydrogen) atoms. The van der Waals surface area contributed by atoms with Crippen LogP contribution in [0, 0.1) is 0 Å². The van der Waals surface area contributed by atoms with Crippen molar-refractivity contribution in [2.45, 2.75) is 38.3 Å².